The van der Waals surface area contributed by atoms with Crippen molar-refractivity contribution in [2.24, 2.45) is 0 Å². The maximum absolute atomic E-state index is 11.9. The average Bonchev–Trinajstić information content (AvgIpc) is 3.07. The van der Waals surface area contributed by atoms with E-state index >= 15 is 0 Å². The summed E-state index contributed by atoms with van der Waals surface area (Å²) in [5, 5.41) is 0. The number of ether oxygens (including phenoxy) is 1. The fourth-order valence-electron chi connectivity index (χ4n) is 2.08. The molecule has 1 heterocycles. The lowest BCUT2D eigenvalue weighted by Gasteiger charge is -2.20. The van der Waals surface area contributed by atoms with Crippen molar-refractivity contribution in [2.75, 3.05) is 6.54 Å². The van der Waals surface area contributed by atoms with Gasteiger partial charge in [-0.3, -0.25) is 9.69 Å². The Balaban J connectivity index is 1.93. The van der Waals surface area contributed by atoms with E-state index in [1.807, 2.05) is 39.0 Å². The van der Waals surface area contributed by atoms with Crippen LogP contribution < -0.4 is 0 Å². The molecule has 3 nitrogen and oxygen atoms in total. The summed E-state index contributed by atoms with van der Waals surface area (Å²) in [6.07, 6.45) is 0. The minimum atomic E-state index is -0.401. The highest BCUT2D eigenvalue weighted by molar-refractivity contribution is 5.79. The smallest absolute Gasteiger partial charge is 0.325 e. The maximum atomic E-state index is 11.9. The summed E-state index contributed by atoms with van der Waals surface area (Å²) in [7, 11) is 0. The second kappa shape index (κ2) is 4.73. The topological polar surface area (TPSA) is 29.3 Å². The molecule has 1 aromatic rings. The van der Waals surface area contributed by atoms with Gasteiger partial charge in [0.2, 0.25) is 0 Å². The first kappa shape index (κ1) is 13.1. The zero-order valence-electron chi connectivity index (χ0n) is 11.5. The largest absolute Gasteiger partial charge is 0.459 e. The molecule has 1 fully saturated rings. The molecule has 0 amide bonds. The van der Waals surface area contributed by atoms with Crippen molar-refractivity contribution >= 4 is 5.97 Å². The van der Waals surface area contributed by atoms with Gasteiger partial charge in [0.05, 0.1) is 0 Å². The molecule has 1 saturated heterocycles. The van der Waals surface area contributed by atoms with E-state index in [9.17, 15) is 4.79 Å². The third-order valence-corrected chi connectivity index (χ3v) is 3.11. The van der Waals surface area contributed by atoms with Crippen LogP contribution >= 0.6 is 0 Å². The molecule has 3 atom stereocenters. The Bertz CT molecular complexity index is 422. The minimum Gasteiger partial charge on any atom is -0.459 e. The van der Waals surface area contributed by atoms with E-state index in [-0.39, 0.29) is 18.1 Å². The summed E-state index contributed by atoms with van der Waals surface area (Å²) >= 11 is 0. The van der Waals surface area contributed by atoms with Crippen molar-refractivity contribution < 1.29 is 9.53 Å². The van der Waals surface area contributed by atoms with E-state index in [4.69, 9.17) is 4.74 Å². The van der Waals surface area contributed by atoms with E-state index in [0.29, 0.717) is 0 Å². The van der Waals surface area contributed by atoms with Crippen LogP contribution in [0.5, 0.6) is 0 Å². The van der Waals surface area contributed by atoms with Crippen molar-refractivity contribution in [2.45, 2.75) is 45.4 Å². The summed E-state index contributed by atoms with van der Waals surface area (Å²) in [4.78, 5) is 14.1. The lowest BCUT2D eigenvalue weighted by molar-refractivity contribution is -0.155. The fourth-order valence-corrected chi connectivity index (χ4v) is 2.08. The van der Waals surface area contributed by atoms with Gasteiger partial charge in [-0.15, -0.1) is 0 Å². The predicted molar refractivity (Wildman–Crippen MR) is 71.2 cm³/mol. The van der Waals surface area contributed by atoms with Gasteiger partial charge in [-0.1, -0.05) is 30.3 Å². The SMILES string of the molecule is C[C@@H](c1ccccc1)N1CC1C(=O)OC(C)(C)C. The van der Waals surface area contributed by atoms with Crippen LogP contribution in [0.2, 0.25) is 0 Å². The molecule has 0 N–H and O–H groups in total. The van der Waals surface area contributed by atoms with Crippen LogP contribution in [0.15, 0.2) is 30.3 Å². The van der Waals surface area contributed by atoms with Crippen LogP contribution in [0.4, 0.5) is 0 Å². The lowest BCUT2D eigenvalue weighted by atomic mass is 10.1. The van der Waals surface area contributed by atoms with Crippen molar-refractivity contribution in [3.63, 3.8) is 0 Å². The second-order valence-electron chi connectivity index (χ2n) is 5.83. The molecule has 0 bridgehead atoms. The highest BCUT2D eigenvalue weighted by Crippen LogP contribution is 2.32. The standard InChI is InChI=1S/C15H21NO2/c1-11(12-8-6-5-7-9-12)16-10-13(16)14(17)18-15(2,3)4/h5-9,11,13H,10H2,1-4H3/t11-,13?,16?/m0/s1. The van der Waals surface area contributed by atoms with E-state index in [1.54, 1.807) is 0 Å². The van der Waals surface area contributed by atoms with Gasteiger partial charge >= 0.3 is 5.97 Å². The van der Waals surface area contributed by atoms with Crippen molar-refractivity contribution in [3.05, 3.63) is 35.9 Å². The Kier molecular flexibility index (Phi) is 3.44. The number of nitrogens with zero attached hydrogens (tertiary/aromatic N) is 1. The van der Waals surface area contributed by atoms with Gasteiger partial charge in [-0.2, -0.15) is 0 Å². The molecule has 0 aromatic heterocycles. The Morgan fingerprint density at radius 2 is 1.94 bits per heavy atom. The highest BCUT2D eigenvalue weighted by atomic mass is 16.6. The molecule has 0 spiro atoms. The fraction of sp³-hybridized carbons (Fsp3) is 0.533. The number of benzene rings is 1. The summed E-state index contributed by atoms with van der Waals surface area (Å²) in [6, 6.07) is 10.4. The Labute approximate surface area is 109 Å². The van der Waals surface area contributed by atoms with Crippen molar-refractivity contribution in [1.29, 1.82) is 0 Å². The van der Waals surface area contributed by atoms with Gasteiger partial charge < -0.3 is 4.74 Å². The number of esters is 1. The van der Waals surface area contributed by atoms with Crippen LogP contribution in [0.25, 0.3) is 0 Å². The average molecular weight is 247 g/mol. The van der Waals surface area contributed by atoms with Gasteiger partial charge in [-0.25, -0.2) is 0 Å². The number of carbonyl (C=O) groups excluding carboxylic acids is 1. The highest BCUT2D eigenvalue weighted by Gasteiger charge is 2.45. The summed E-state index contributed by atoms with van der Waals surface area (Å²) in [5.74, 6) is -0.106. The minimum absolute atomic E-state index is 0.0700. The summed E-state index contributed by atoms with van der Waals surface area (Å²) in [5.41, 5.74) is 0.838. The molecule has 1 aliphatic heterocycles. The molecule has 0 radical (unpaired) electrons. The molecule has 2 unspecified atom stereocenters. The molecule has 1 aliphatic rings. The van der Waals surface area contributed by atoms with Gasteiger partial charge in [0.15, 0.2) is 0 Å². The molecule has 3 heteroatoms. The van der Waals surface area contributed by atoms with Crippen molar-refractivity contribution in [1.82, 2.24) is 4.90 Å². The Hall–Kier alpha value is -1.35. The van der Waals surface area contributed by atoms with Gasteiger partial charge in [0, 0.05) is 12.6 Å². The second-order valence-corrected chi connectivity index (χ2v) is 5.83. The van der Waals surface area contributed by atoms with Crippen molar-refractivity contribution in [3.8, 4) is 0 Å². The van der Waals surface area contributed by atoms with Crippen LogP contribution in [-0.2, 0) is 9.53 Å². The third-order valence-electron chi connectivity index (χ3n) is 3.11. The lowest BCUT2D eigenvalue weighted by Crippen LogP contribution is -2.28. The molecule has 0 aliphatic carbocycles. The first-order valence-electron chi connectivity index (χ1n) is 6.42. The molecular formula is C15H21NO2. The normalized spacial score (nSPS) is 24.4. The molecule has 18 heavy (non-hydrogen) atoms. The van der Waals surface area contributed by atoms with Crippen LogP contribution in [0.1, 0.15) is 39.3 Å². The molecule has 98 valence electrons. The predicted octanol–water partition coefficient (Wildman–Crippen LogP) is 2.77. The molecule has 0 saturated carbocycles. The summed E-state index contributed by atoms with van der Waals surface area (Å²) in [6.45, 7) is 8.62. The van der Waals surface area contributed by atoms with Crippen LogP contribution in [0.3, 0.4) is 0 Å². The van der Waals surface area contributed by atoms with E-state index in [0.717, 1.165) is 6.54 Å². The zero-order valence-corrected chi connectivity index (χ0v) is 11.5. The first-order valence-corrected chi connectivity index (χ1v) is 6.42. The molecule has 1 aromatic carbocycles. The maximum Gasteiger partial charge on any atom is 0.325 e. The molecular weight excluding hydrogens is 226 g/mol. The van der Waals surface area contributed by atoms with E-state index in [1.165, 1.54) is 5.56 Å². The van der Waals surface area contributed by atoms with Gasteiger partial charge in [-0.05, 0) is 33.3 Å². The molecule has 2 rings (SSSR count). The summed E-state index contributed by atoms with van der Waals surface area (Å²) < 4.78 is 5.40. The zero-order chi connectivity index (χ0) is 13.3. The quantitative estimate of drug-likeness (QED) is 0.607. The number of hydrogen-bond donors (Lipinski definition) is 0. The number of rotatable bonds is 3. The monoisotopic (exact) mass is 247 g/mol. The van der Waals surface area contributed by atoms with Crippen LogP contribution in [-0.4, -0.2) is 29.1 Å². The van der Waals surface area contributed by atoms with Crippen LogP contribution in [0, 0.1) is 0 Å². The number of carbonyl (C=O) groups is 1. The Morgan fingerprint density at radius 1 is 1.33 bits per heavy atom. The van der Waals surface area contributed by atoms with Gasteiger partial charge in [0.25, 0.3) is 0 Å². The van der Waals surface area contributed by atoms with E-state index < -0.39 is 5.60 Å². The first-order chi connectivity index (χ1) is 8.38. The third kappa shape index (κ3) is 3.10. The van der Waals surface area contributed by atoms with E-state index in [2.05, 4.69) is 24.0 Å². The van der Waals surface area contributed by atoms with Gasteiger partial charge in [0.1, 0.15) is 11.6 Å². The number of hydrogen-bond acceptors (Lipinski definition) is 3. The Morgan fingerprint density at radius 3 is 2.50 bits per heavy atom.